The SMILES string of the molecule is CC(C)(C)OC(=O)NN(C(=O)OC(C)(C)C)C1(c2ccccc2)CCCCC1=O. The van der Waals surface area contributed by atoms with Crippen molar-refractivity contribution in [2.45, 2.75) is 84.0 Å². The Morgan fingerprint density at radius 3 is 2.07 bits per heavy atom. The van der Waals surface area contributed by atoms with Gasteiger partial charge in [-0.1, -0.05) is 30.3 Å². The molecule has 160 valence electrons. The van der Waals surface area contributed by atoms with Crippen LogP contribution in [0.4, 0.5) is 9.59 Å². The Hall–Kier alpha value is -2.57. The number of carbonyl (C=O) groups excluding carboxylic acids is 3. The van der Waals surface area contributed by atoms with Gasteiger partial charge >= 0.3 is 12.2 Å². The fourth-order valence-corrected chi connectivity index (χ4v) is 3.39. The van der Waals surface area contributed by atoms with Gasteiger partial charge in [0, 0.05) is 6.42 Å². The summed E-state index contributed by atoms with van der Waals surface area (Å²) in [5, 5.41) is 1.03. The molecule has 2 rings (SSSR count). The second-order valence-electron chi connectivity index (χ2n) is 9.29. The van der Waals surface area contributed by atoms with Gasteiger partial charge in [0.05, 0.1) is 0 Å². The van der Waals surface area contributed by atoms with Crippen molar-refractivity contribution in [1.82, 2.24) is 10.4 Å². The second-order valence-corrected chi connectivity index (χ2v) is 9.29. The average molecular weight is 405 g/mol. The molecule has 1 unspecified atom stereocenters. The number of nitrogens with one attached hydrogen (secondary N) is 1. The van der Waals surface area contributed by atoms with E-state index in [9.17, 15) is 14.4 Å². The molecular formula is C22H32N2O5. The maximum atomic E-state index is 13.3. The maximum Gasteiger partial charge on any atom is 0.430 e. The molecule has 1 fully saturated rings. The summed E-state index contributed by atoms with van der Waals surface area (Å²) >= 11 is 0. The Morgan fingerprint density at radius 2 is 1.55 bits per heavy atom. The van der Waals surface area contributed by atoms with Gasteiger partial charge < -0.3 is 9.47 Å². The third kappa shape index (κ3) is 5.71. The Kier molecular flexibility index (Phi) is 6.60. The van der Waals surface area contributed by atoms with Crippen LogP contribution in [-0.4, -0.2) is 34.2 Å². The molecule has 1 atom stereocenters. The summed E-state index contributed by atoms with van der Waals surface area (Å²) in [6, 6.07) is 9.03. The molecule has 7 heteroatoms. The molecule has 1 saturated carbocycles. The fraction of sp³-hybridized carbons (Fsp3) is 0.591. The van der Waals surface area contributed by atoms with Crippen molar-refractivity contribution >= 4 is 18.0 Å². The summed E-state index contributed by atoms with van der Waals surface area (Å²) in [4.78, 5) is 39.0. The zero-order valence-corrected chi connectivity index (χ0v) is 18.2. The number of ketones is 1. The first kappa shape index (κ1) is 22.7. The van der Waals surface area contributed by atoms with Gasteiger partial charge in [-0.2, -0.15) is 5.01 Å². The van der Waals surface area contributed by atoms with E-state index < -0.39 is 28.9 Å². The van der Waals surface area contributed by atoms with Gasteiger partial charge in [-0.15, -0.1) is 0 Å². The molecule has 0 saturated heterocycles. The number of hydrogen-bond acceptors (Lipinski definition) is 5. The predicted octanol–water partition coefficient (Wildman–Crippen LogP) is 4.70. The standard InChI is InChI=1S/C22H32N2O5/c1-20(2,3)28-18(26)23-24(19(27)29-21(4,5)6)22(15-11-10-14-17(22)25)16-12-8-7-9-13-16/h7-9,12-13H,10-11,14-15H2,1-6H3,(H,23,26). The minimum absolute atomic E-state index is 0.142. The molecule has 1 N–H and O–H groups in total. The lowest BCUT2D eigenvalue weighted by atomic mass is 9.75. The predicted molar refractivity (Wildman–Crippen MR) is 109 cm³/mol. The van der Waals surface area contributed by atoms with E-state index in [1.807, 2.05) is 6.07 Å². The summed E-state index contributed by atoms with van der Waals surface area (Å²) in [5.41, 5.74) is 0.226. The van der Waals surface area contributed by atoms with E-state index in [1.165, 1.54) is 0 Å². The Bertz CT molecular complexity index is 749. The summed E-state index contributed by atoms with van der Waals surface area (Å²) < 4.78 is 10.9. The number of hydrogen-bond donors (Lipinski definition) is 1. The van der Waals surface area contributed by atoms with Gasteiger partial charge in [0.1, 0.15) is 11.2 Å². The topological polar surface area (TPSA) is 84.9 Å². The molecule has 0 bridgehead atoms. The molecule has 1 aliphatic carbocycles. The molecule has 1 aromatic carbocycles. The van der Waals surface area contributed by atoms with E-state index >= 15 is 0 Å². The number of amides is 2. The molecule has 0 aromatic heterocycles. The monoisotopic (exact) mass is 404 g/mol. The Balaban J connectivity index is 2.53. The molecule has 0 radical (unpaired) electrons. The van der Waals surface area contributed by atoms with Gasteiger partial charge in [-0.25, -0.2) is 15.0 Å². The van der Waals surface area contributed by atoms with Crippen LogP contribution >= 0.6 is 0 Å². The molecule has 1 aromatic rings. The zero-order chi connectivity index (χ0) is 21.9. The number of benzene rings is 1. The van der Waals surface area contributed by atoms with Crippen LogP contribution in [-0.2, 0) is 19.8 Å². The number of carbonyl (C=O) groups is 3. The lowest BCUT2D eigenvalue weighted by Crippen LogP contribution is -2.63. The van der Waals surface area contributed by atoms with E-state index in [0.717, 1.165) is 17.9 Å². The number of rotatable bonds is 2. The molecule has 0 spiro atoms. The minimum atomic E-state index is -1.35. The summed E-state index contributed by atoms with van der Waals surface area (Å²) in [7, 11) is 0. The summed E-state index contributed by atoms with van der Waals surface area (Å²) in [6.45, 7) is 10.4. The molecule has 7 nitrogen and oxygen atoms in total. The first-order valence-corrected chi connectivity index (χ1v) is 9.97. The number of nitrogens with zero attached hydrogens (tertiary/aromatic N) is 1. The first-order valence-electron chi connectivity index (χ1n) is 9.97. The van der Waals surface area contributed by atoms with Gasteiger partial charge in [-0.05, 0) is 66.4 Å². The molecule has 29 heavy (non-hydrogen) atoms. The average Bonchev–Trinajstić information content (AvgIpc) is 2.58. The van der Waals surface area contributed by atoms with Crippen molar-refractivity contribution in [3.63, 3.8) is 0 Å². The highest BCUT2D eigenvalue weighted by Gasteiger charge is 2.51. The van der Waals surface area contributed by atoms with E-state index in [1.54, 1.807) is 65.8 Å². The number of hydrazine groups is 1. The van der Waals surface area contributed by atoms with Crippen molar-refractivity contribution in [1.29, 1.82) is 0 Å². The number of Topliss-reactive ketones (excluding diaryl/α,β-unsaturated/α-hetero) is 1. The van der Waals surface area contributed by atoms with Crippen LogP contribution in [0.25, 0.3) is 0 Å². The zero-order valence-electron chi connectivity index (χ0n) is 18.2. The second kappa shape index (κ2) is 8.43. The highest BCUT2D eigenvalue weighted by atomic mass is 16.6. The van der Waals surface area contributed by atoms with Crippen molar-refractivity contribution in [2.75, 3.05) is 0 Å². The molecule has 0 aliphatic heterocycles. The molecular weight excluding hydrogens is 372 g/mol. The number of ether oxygens (including phenoxy) is 2. The van der Waals surface area contributed by atoms with Crippen LogP contribution in [0.2, 0.25) is 0 Å². The Labute approximate surface area is 172 Å². The van der Waals surface area contributed by atoms with Crippen molar-refractivity contribution in [2.24, 2.45) is 0 Å². The lowest BCUT2D eigenvalue weighted by molar-refractivity contribution is -0.137. The van der Waals surface area contributed by atoms with E-state index in [-0.39, 0.29) is 5.78 Å². The first-order chi connectivity index (χ1) is 13.3. The maximum absolute atomic E-state index is 13.3. The van der Waals surface area contributed by atoms with Gasteiger partial charge in [0.2, 0.25) is 0 Å². The van der Waals surface area contributed by atoms with E-state index in [0.29, 0.717) is 18.4 Å². The fourth-order valence-electron chi connectivity index (χ4n) is 3.39. The summed E-state index contributed by atoms with van der Waals surface area (Å²) in [5.74, 6) is -0.142. The smallest absolute Gasteiger partial charge is 0.430 e. The molecule has 1 aliphatic rings. The van der Waals surface area contributed by atoms with Crippen LogP contribution < -0.4 is 5.43 Å². The highest BCUT2D eigenvalue weighted by molar-refractivity contribution is 5.94. The molecule has 2 amide bonds. The van der Waals surface area contributed by atoms with Crippen molar-refractivity contribution < 1.29 is 23.9 Å². The molecule has 0 heterocycles. The van der Waals surface area contributed by atoms with Crippen LogP contribution in [0, 0.1) is 0 Å². The third-order valence-corrected chi connectivity index (χ3v) is 4.46. The van der Waals surface area contributed by atoms with Gasteiger partial charge in [0.25, 0.3) is 0 Å². The van der Waals surface area contributed by atoms with Crippen LogP contribution in [0.5, 0.6) is 0 Å². The third-order valence-electron chi connectivity index (χ3n) is 4.46. The van der Waals surface area contributed by atoms with E-state index in [4.69, 9.17) is 9.47 Å². The normalized spacial score (nSPS) is 20.0. The van der Waals surface area contributed by atoms with Crippen LogP contribution in [0.1, 0.15) is 72.8 Å². The van der Waals surface area contributed by atoms with E-state index in [2.05, 4.69) is 5.43 Å². The Morgan fingerprint density at radius 1 is 0.966 bits per heavy atom. The quantitative estimate of drug-likeness (QED) is 0.722. The van der Waals surface area contributed by atoms with Gasteiger partial charge in [-0.3, -0.25) is 4.79 Å². The van der Waals surface area contributed by atoms with Crippen LogP contribution in [0.3, 0.4) is 0 Å². The lowest BCUT2D eigenvalue weighted by Gasteiger charge is -2.44. The van der Waals surface area contributed by atoms with Crippen molar-refractivity contribution in [3.8, 4) is 0 Å². The van der Waals surface area contributed by atoms with Crippen molar-refractivity contribution in [3.05, 3.63) is 35.9 Å². The summed E-state index contributed by atoms with van der Waals surface area (Å²) in [6.07, 6.45) is 0.534. The minimum Gasteiger partial charge on any atom is -0.443 e. The van der Waals surface area contributed by atoms with Crippen LogP contribution in [0.15, 0.2) is 30.3 Å². The highest BCUT2D eigenvalue weighted by Crippen LogP contribution is 2.40. The largest absolute Gasteiger partial charge is 0.443 e. The van der Waals surface area contributed by atoms with Gasteiger partial charge in [0.15, 0.2) is 11.3 Å².